The third-order valence-corrected chi connectivity index (χ3v) is 5.41. The van der Waals surface area contributed by atoms with Crippen molar-refractivity contribution in [3.8, 4) is 11.3 Å². The lowest BCUT2D eigenvalue weighted by atomic mass is 10.1. The molecule has 1 saturated heterocycles. The summed E-state index contributed by atoms with van der Waals surface area (Å²) in [6, 6.07) is 8.89. The molecule has 1 N–H and O–H groups in total. The average molecular weight is 507 g/mol. The molecule has 3 heterocycles. The van der Waals surface area contributed by atoms with Gasteiger partial charge in [0.05, 0.1) is 6.20 Å². The van der Waals surface area contributed by atoms with Gasteiger partial charge in [-0.15, -0.1) is 24.0 Å². The Balaban J connectivity index is 0.00000240. The second-order valence-electron chi connectivity index (χ2n) is 7.47. The molecule has 0 saturated carbocycles. The number of rotatable bonds is 5. The van der Waals surface area contributed by atoms with E-state index in [4.69, 9.17) is 9.41 Å². The van der Waals surface area contributed by atoms with Gasteiger partial charge in [0, 0.05) is 44.3 Å². The molecule has 0 aliphatic carbocycles. The van der Waals surface area contributed by atoms with Crippen LogP contribution in [0.5, 0.6) is 0 Å². The molecule has 1 fully saturated rings. The van der Waals surface area contributed by atoms with E-state index in [0.717, 1.165) is 50.0 Å². The lowest BCUT2D eigenvalue weighted by Crippen LogP contribution is -2.42. The van der Waals surface area contributed by atoms with Gasteiger partial charge in [-0.1, -0.05) is 42.0 Å². The smallest absolute Gasteiger partial charge is 0.216 e. The first-order valence-corrected chi connectivity index (χ1v) is 10.2. The minimum absolute atomic E-state index is 0. The SMILES string of the molecule is CCNC(=NCc1ncc(-c2ccc(C)cc2)o1)N1CCC(N2CC=CC2)C1.I. The van der Waals surface area contributed by atoms with Gasteiger partial charge in [0.25, 0.3) is 0 Å². The van der Waals surface area contributed by atoms with Crippen LogP contribution in [0.4, 0.5) is 0 Å². The summed E-state index contributed by atoms with van der Waals surface area (Å²) in [5.74, 6) is 2.38. The van der Waals surface area contributed by atoms with Crippen LogP contribution < -0.4 is 5.32 Å². The Morgan fingerprint density at radius 3 is 2.72 bits per heavy atom. The van der Waals surface area contributed by atoms with Crippen molar-refractivity contribution in [3.63, 3.8) is 0 Å². The zero-order valence-electron chi connectivity index (χ0n) is 17.2. The molecule has 2 aliphatic heterocycles. The number of halogens is 1. The zero-order valence-corrected chi connectivity index (χ0v) is 19.5. The maximum absolute atomic E-state index is 5.92. The van der Waals surface area contributed by atoms with Crippen molar-refractivity contribution in [1.29, 1.82) is 0 Å². The Labute approximate surface area is 190 Å². The quantitative estimate of drug-likeness (QED) is 0.290. The zero-order chi connectivity index (χ0) is 19.3. The van der Waals surface area contributed by atoms with Gasteiger partial charge in [0.2, 0.25) is 5.89 Å². The van der Waals surface area contributed by atoms with Crippen LogP contribution in [0.1, 0.15) is 24.8 Å². The number of guanidine groups is 1. The molecule has 0 spiro atoms. The summed E-state index contributed by atoms with van der Waals surface area (Å²) in [6.45, 7) is 9.69. The van der Waals surface area contributed by atoms with Crippen molar-refractivity contribution in [2.45, 2.75) is 32.9 Å². The van der Waals surface area contributed by atoms with Crippen LogP contribution in [-0.2, 0) is 6.54 Å². The summed E-state index contributed by atoms with van der Waals surface area (Å²) >= 11 is 0. The van der Waals surface area contributed by atoms with Crippen LogP contribution in [-0.4, -0.2) is 59.5 Å². The van der Waals surface area contributed by atoms with Gasteiger partial charge >= 0.3 is 0 Å². The Bertz CT molecular complexity index is 837. The molecule has 1 aromatic heterocycles. The molecule has 2 aromatic rings. The number of aromatic nitrogens is 1. The fourth-order valence-electron chi connectivity index (χ4n) is 3.83. The Morgan fingerprint density at radius 2 is 2.00 bits per heavy atom. The van der Waals surface area contributed by atoms with Crippen molar-refractivity contribution in [1.82, 2.24) is 20.1 Å². The molecule has 1 unspecified atom stereocenters. The van der Waals surface area contributed by atoms with E-state index in [1.54, 1.807) is 6.20 Å². The maximum Gasteiger partial charge on any atom is 0.216 e. The van der Waals surface area contributed by atoms with E-state index >= 15 is 0 Å². The first-order chi connectivity index (χ1) is 13.7. The van der Waals surface area contributed by atoms with E-state index in [1.807, 2.05) is 0 Å². The highest BCUT2D eigenvalue weighted by Gasteiger charge is 2.29. The van der Waals surface area contributed by atoms with Crippen LogP contribution in [0.15, 0.2) is 52.0 Å². The standard InChI is InChI=1S/C22H29N5O.HI/c1-3-23-22(27-13-10-19(16-27)26-11-4-5-12-26)25-15-21-24-14-20(28-21)18-8-6-17(2)7-9-18;/h4-9,14,19H,3,10-13,15-16H2,1-2H3,(H,23,25);1H. The van der Waals surface area contributed by atoms with Gasteiger partial charge < -0.3 is 14.6 Å². The fraction of sp³-hybridized carbons (Fsp3) is 0.455. The number of hydrogen-bond acceptors (Lipinski definition) is 4. The number of aliphatic imine (C=N–C) groups is 1. The molecule has 2 aliphatic rings. The van der Waals surface area contributed by atoms with Gasteiger partial charge in [-0.3, -0.25) is 4.90 Å². The van der Waals surface area contributed by atoms with Gasteiger partial charge in [-0.05, 0) is 20.3 Å². The largest absolute Gasteiger partial charge is 0.439 e. The molecule has 1 atom stereocenters. The third kappa shape index (κ3) is 5.39. The lowest BCUT2D eigenvalue weighted by molar-refractivity contribution is 0.259. The van der Waals surface area contributed by atoms with Crippen LogP contribution in [0.25, 0.3) is 11.3 Å². The van der Waals surface area contributed by atoms with E-state index in [9.17, 15) is 0 Å². The van der Waals surface area contributed by atoms with Crippen LogP contribution >= 0.6 is 24.0 Å². The monoisotopic (exact) mass is 507 g/mol. The van der Waals surface area contributed by atoms with Crippen molar-refractivity contribution in [2.24, 2.45) is 4.99 Å². The fourth-order valence-corrected chi connectivity index (χ4v) is 3.83. The van der Waals surface area contributed by atoms with Crippen LogP contribution in [0.3, 0.4) is 0 Å². The Kier molecular flexibility index (Phi) is 7.71. The van der Waals surface area contributed by atoms with Crippen LogP contribution in [0, 0.1) is 6.92 Å². The number of nitrogens with zero attached hydrogens (tertiary/aromatic N) is 4. The molecule has 6 nitrogen and oxygen atoms in total. The minimum atomic E-state index is 0. The molecular weight excluding hydrogens is 477 g/mol. The second kappa shape index (κ2) is 10.2. The summed E-state index contributed by atoms with van der Waals surface area (Å²) in [5, 5.41) is 3.42. The molecule has 156 valence electrons. The van der Waals surface area contributed by atoms with Crippen LogP contribution in [0.2, 0.25) is 0 Å². The first kappa shape index (κ1) is 21.8. The number of benzene rings is 1. The number of likely N-dealkylation sites (tertiary alicyclic amines) is 1. The first-order valence-electron chi connectivity index (χ1n) is 10.2. The number of hydrogen-bond donors (Lipinski definition) is 1. The highest BCUT2D eigenvalue weighted by molar-refractivity contribution is 14.0. The minimum Gasteiger partial charge on any atom is -0.439 e. The predicted octanol–water partition coefficient (Wildman–Crippen LogP) is 3.68. The third-order valence-electron chi connectivity index (χ3n) is 5.41. The van der Waals surface area contributed by atoms with E-state index < -0.39 is 0 Å². The number of nitrogens with one attached hydrogen (secondary N) is 1. The number of oxazole rings is 1. The molecular formula is C22H30IN5O. The molecule has 0 amide bonds. The molecule has 7 heteroatoms. The molecule has 1 aromatic carbocycles. The van der Waals surface area contributed by atoms with Gasteiger partial charge in [-0.25, -0.2) is 9.98 Å². The van der Waals surface area contributed by atoms with E-state index in [2.05, 4.69) is 70.4 Å². The maximum atomic E-state index is 5.92. The molecule has 0 bridgehead atoms. The Morgan fingerprint density at radius 1 is 1.24 bits per heavy atom. The summed E-state index contributed by atoms with van der Waals surface area (Å²) < 4.78 is 5.92. The van der Waals surface area contributed by atoms with Crippen molar-refractivity contribution >= 4 is 29.9 Å². The highest BCUT2D eigenvalue weighted by atomic mass is 127. The van der Waals surface area contributed by atoms with Gasteiger partial charge in [0.1, 0.15) is 6.54 Å². The van der Waals surface area contributed by atoms with Crippen molar-refractivity contribution in [3.05, 3.63) is 54.1 Å². The number of aryl methyl sites for hydroxylation is 1. The van der Waals surface area contributed by atoms with E-state index in [1.165, 1.54) is 12.0 Å². The van der Waals surface area contributed by atoms with E-state index in [-0.39, 0.29) is 24.0 Å². The summed E-state index contributed by atoms with van der Waals surface area (Å²) in [7, 11) is 0. The summed E-state index contributed by atoms with van der Waals surface area (Å²) in [5.41, 5.74) is 2.28. The average Bonchev–Trinajstić information content (AvgIpc) is 3.47. The van der Waals surface area contributed by atoms with E-state index in [0.29, 0.717) is 18.5 Å². The molecule has 29 heavy (non-hydrogen) atoms. The topological polar surface area (TPSA) is 56.9 Å². The van der Waals surface area contributed by atoms with Crippen molar-refractivity contribution in [2.75, 3.05) is 32.7 Å². The predicted molar refractivity (Wildman–Crippen MR) is 128 cm³/mol. The summed E-state index contributed by atoms with van der Waals surface area (Å²) in [6.07, 6.45) is 7.49. The summed E-state index contributed by atoms with van der Waals surface area (Å²) in [4.78, 5) is 14.1. The second-order valence-corrected chi connectivity index (χ2v) is 7.47. The lowest BCUT2D eigenvalue weighted by Gasteiger charge is -2.25. The van der Waals surface area contributed by atoms with Gasteiger partial charge in [-0.2, -0.15) is 0 Å². The van der Waals surface area contributed by atoms with Gasteiger partial charge in [0.15, 0.2) is 11.7 Å². The highest BCUT2D eigenvalue weighted by Crippen LogP contribution is 2.21. The Hall–Kier alpha value is -1.87. The normalized spacial score (nSPS) is 19.6. The van der Waals surface area contributed by atoms with Crippen molar-refractivity contribution < 1.29 is 4.42 Å². The molecule has 4 rings (SSSR count). The molecule has 0 radical (unpaired) electrons.